The van der Waals surface area contributed by atoms with Crippen LogP contribution in [0.25, 0.3) is 0 Å². The molecule has 0 heterocycles. The van der Waals surface area contributed by atoms with E-state index in [4.69, 9.17) is 5.73 Å². The maximum absolute atomic E-state index is 9.33. The third-order valence-corrected chi connectivity index (χ3v) is 2.39. The van der Waals surface area contributed by atoms with Crippen LogP contribution in [0, 0.1) is 6.92 Å². The normalized spacial score (nSPS) is 12.8. The molecule has 1 rings (SSSR count). The molecule has 0 aliphatic rings. The first-order valence-corrected chi connectivity index (χ1v) is 4.64. The summed E-state index contributed by atoms with van der Waals surface area (Å²) < 4.78 is 0. The van der Waals surface area contributed by atoms with Crippen LogP contribution >= 0.6 is 0 Å². The van der Waals surface area contributed by atoms with Crippen LogP contribution in [-0.2, 0) is 0 Å². The molecule has 3 N–H and O–H groups in total. The SMILES string of the molecule is Cc1cc(C(C)CCN)ccc1O. The number of phenolic OH excluding ortho intramolecular Hbond substituents is 1. The molecule has 2 heteroatoms. The molecular weight excluding hydrogens is 162 g/mol. The van der Waals surface area contributed by atoms with Crippen molar-refractivity contribution in [3.8, 4) is 5.75 Å². The van der Waals surface area contributed by atoms with Crippen LogP contribution < -0.4 is 5.73 Å². The molecule has 72 valence electrons. The van der Waals surface area contributed by atoms with Gasteiger partial charge in [0.25, 0.3) is 0 Å². The first-order chi connectivity index (χ1) is 6.15. The Morgan fingerprint density at radius 1 is 1.46 bits per heavy atom. The fourth-order valence-corrected chi connectivity index (χ4v) is 1.40. The number of aromatic hydroxyl groups is 1. The topological polar surface area (TPSA) is 46.2 Å². The molecule has 1 unspecified atom stereocenters. The van der Waals surface area contributed by atoms with Gasteiger partial charge in [-0.1, -0.05) is 19.1 Å². The molecule has 0 fully saturated rings. The summed E-state index contributed by atoms with van der Waals surface area (Å²) in [5, 5.41) is 9.33. The molecule has 0 bridgehead atoms. The van der Waals surface area contributed by atoms with Crippen LogP contribution in [0.2, 0.25) is 0 Å². The molecule has 0 aromatic heterocycles. The lowest BCUT2D eigenvalue weighted by Crippen LogP contribution is -2.04. The fraction of sp³-hybridized carbons (Fsp3) is 0.455. The maximum Gasteiger partial charge on any atom is 0.118 e. The van der Waals surface area contributed by atoms with Gasteiger partial charge in [-0.15, -0.1) is 0 Å². The monoisotopic (exact) mass is 179 g/mol. The van der Waals surface area contributed by atoms with Gasteiger partial charge >= 0.3 is 0 Å². The van der Waals surface area contributed by atoms with Crippen molar-refractivity contribution in [2.75, 3.05) is 6.54 Å². The summed E-state index contributed by atoms with van der Waals surface area (Å²) in [5.74, 6) is 0.841. The van der Waals surface area contributed by atoms with Crippen molar-refractivity contribution < 1.29 is 5.11 Å². The Labute approximate surface area is 79.4 Å². The Balaban J connectivity index is 2.84. The summed E-state index contributed by atoms with van der Waals surface area (Å²) in [6.07, 6.45) is 0.990. The highest BCUT2D eigenvalue weighted by atomic mass is 16.3. The summed E-state index contributed by atoms with van der Waals surface area (Å²) in [5.41, 5.74) is 7.67. The van der Waals surface area contributed by atoms with Crippen LogP contribution in [0.5, 0.6) is 5.75 Å². The van der Waals surface area contributed by atoms with Crippen molar-refractivity contribution in [1.82, 2.24) is 0 Å². The number of hydrogen-bond acceptors (Lipinski definition) is 2. The Bertz CT molecular complexity index is 283. The maximum atomic E-state index is 9.33. The Morgan fingerprint density at radius 3 is 2.69 bits per heavy atom. The lowest BCUT2D eigenvalue weighted by atomic mass is 9.96. The van der Waals surface area contributed by atoms with Gasteiger partial charge in [0, 0.05) is 0 Å². The molecule has 0 aliphatic heterocycles. The highest BCUT2D eigenvalue weighted by Gasteiger charge is 2.05. The van der Waals surface area contributed by atoms with Crippen molar-refractivity contribution >= 4 is 0 Å². The summed E-state index contributed by atoms with van der Waals surface area (Å²) >= 11 is 0. The van der Waals surface area contributed by atoms with Gasteiger partial charge in [0.15, 0.2) is 0 Å². The van der Waals surface area contributed by atoms with Gasteiger partial charge in [-0.05, 0) is 43.0 Å². The van der Waals surface area contributed by atoms with E-state index in [0.717, 1.165) is 12.0 Å². The molecule has 0 radical (unpaired) electrons. The second-order valence-corrected chi connectivity index (χ2v) is 3.52. The second kappa shape index (κ2) is 4.28. The number of nitrogens with two attached hydrogens (primary N) is 1. The van der Waals surface area contributed by atoms with E-state index >= 15 is 0 Å². The minimum absolute atomic E-state index is 0.365. The van der Waals surface area contributed by atoms with E-state index in [-0.39, 0.29) is 0 Å². The molecule has 0 saturated carbocycles. The number of aryl methyl sites for hydroxylation is 1. The highest BCUT2D eigenvalue weighted by molar-refractivity contribution is 5.36. The largest absolute Gasteiger partial charge is 0.508 e. The molecular formula is C11H17NO. The van der Waals surface area contributed by atoms with E-state index in [1.807, 2.05) is 19.1 Å². The Hall–Kier alpha value is -1.02. The van der Waals surface area contributed by atoms with Crippen LogP contribution in [0.15, 0.2) is 18.2 Å². The fourth-order valence-electron chi connectivity index (χ4n) is 1.40. The first kappa shape index (κ1) is 10.1. The average Bonchev–Trinajstić information content (AvgIpc) is 2.10. The highest BCUT2D eigenvalue weighted by Crippen LogP contribution is 2.24. The number of rotatable bonds is 3. The van der Waals surface area contributed by atoms with Crippen LogP contribution in [0.4, 0.5) is 0 Å². The molecule has 0 saturated heterocycles. The molecule has 0 amide bonds. The lowest BCUT2D eigenvalue weighted by molar-refractivity contribution is 0.470. The summed E-state index contributed by atoms with van der Waals surface area (Å²) in [6.45, 7) is 4.77. The quantitative estimate of drug-likeness (QED) is 0.746. The Morgan fingerprint density at radius 2 is 2.15 bits per heavy atom. The summed E-state index contributed by atoms with van der Waals surface area (Å²) in [6, 6.07) is 5.73. The molecule has 0 spiro atoms. The predicted molar refractivity (Wildman–Crippen MR) is 54.9 cm³/mol. The van der Waals surface area contributed by atoms with Gasteiger partial charge in [0.2, 0.25) is 0 Å². The van der Waals surface area contributed by atoms with E-state index in [9.17, 15) is 5.11 Å². The van der Waals surface area contributed by atoms with Gasteiger partial charge in [-0.25, -0.2) is 0 Å². The average molecular weight is 179 g/mol. The zero-order chi connectivity index (χ0) is 9.84. The zero-order valence-electron chi connectivity index (χ0n) is 8.25. The van der Waals surface area contributed by atoms with E-state index in [1.54, 1.807) is 6.07 Å². The smallest absolute Gasteiger partial charge is 0.118 e. The van der Waals surface area contributed by atoms with Gasteiger partial charge in [-0.2, -0.15) is 0 Å². The number of benzene rings is 1. The van der Waals surface area contributed by atoms with E-state index in [2.05, 4.69) is 6.92 Å². The number of hydrogen-bond donors (Lipinski definition) is 2. The van der Waals surface area contributed by atoms with Crippen LogP contribution in [0.3, 0.4) is 0 Å². The molecule has 2 nitrogen and oxygen atoms in total. The van der Waals surface area contributed by atoms with Crippen LogP contribution in [-0.4, -0.2) is 11.7 Å². The van der Waals surface area contributed by atoms with Crippen LogP contribution in [0.1, 0.15) is 30.4 Å². The minimum atomic E-state index is 0.365. The molecule has 0 aliphatic carbocycles. The standard InChI is InChI=1S/C11H17NO/c1-8(5-6-12)10-3-4-11(13)9(2)7-10/h3-4,7-8,13H,5-6,12H2,1-2H3. The van der Waals surface area contributed by atoms with Gasteiger partial charge in [0.1, 0.15) is 5.75 Å². The van der Waals surface area contributed by atoms with Crippen molar-refractivity contribution in [3.05, 3.63) is 29.3 Å². The third kappa shape index (κ3) is 2.46. The van der Waals surface area contributed by atoms with Gasteiger partial charge in [-0.3, -0.25) is 0 Å². The van der Waals surface area contributed by atoms with E-state index < -0.39 is 0 Å². The summed E-state index contributed by atoms with van der Waals surface area (Å²) in [7, 11) is 0. The van der Waals surface area contributed by atoms with E-state index in [0.29, 0.717) is 18.2 Å². The molecule has 1 aromatic rings. The summed E-state index contributed by atoms with van der Waals surface area (Å²) in [4.78, 5) is 0. The first-order valence-electron chi connectivity index (χ1n) is 4.64. The van der Waals surface area contributed by atoms with Gasteiger partial charge in [0.05, 0.1) is 0 Å². The third-order valence-electron chi connectivity index (χ3n) is 2.39. The molecule has 1 aromatic carbocycles. The number of phenols is 1. The van der Waals surface area contributed by atoms with Crippen molar-refractivity contribution in [3.63, 3.8) is 0 Å². The van der Waals surface area contributed by atoms with Gasteiger partial charge < -0.3 is 10.8 Å². The minimum Gasteiger partial charge on any atom is -0.508 e. The lowest BCUT2D eigenvalue weighted by Gasteiger charge is -2.11. The predicted octanol–water partition coefficient (Wildman–Crippen LogP) is 2.15. The Kier molecular flexibility index (Phi) is 3.32. The zero-order valence-corrected chi connectivity index (χ0v) is 8.25. The molecule has 1 atom stereocenters. The molecule has 13 heavy (non-hydrogen) atoms. The van der Waals surface area contributed by atoms with E-state index in [1.165, 1.54) is 5.56 Å². The second-order valence-electron chi connectivity index (χ2n) is 3.52. The van der Waals surface area contributed by atoms with Crippen molar-refractivity contribution in [2.45, 2.75) is 26.2 Å². The van der Waals surface area contributed by atoms with Crippen molar-refractivity contribution in [2.24, 2.45) is 5.73 Å². The van der Waals surface area contributed by atoms with Crippen molar-refractivity contribution in [1.29, 1.82) is 0 Å².